The monoisotopic (exact) mass is 355 g/mol. The van der Waals surface area contributed by atoms with Crippen LogP contribution in [0, 0.1) is 12.8 Å². The Morgan fingerprint density at radius 1 is 1.08 bits per heavy atom. The van der Waals surface area contributed by atoms with E-state index in [0.29, 0.717) is 0 Å². The van der Waals surface area contributed by atoms with Crippen LogP contribution in [0.2, 0.25) is 0 Å². The van der Waals surface area contributed by atoms with Gasteiger partial charge in [-0.1, -0.05) is 32.1 Å². The molecular weight excluding hydrogens is 326 g/mol. The molecule has 2 N–H and O–H groups in total. The summed E-state index contributed by atoms with van der Waals surface area (Å²) in [6, 6.07) is 3.97. The first-order valence-corrected chi connectivity index (χ1v) is 9.46. The van der Waals surface area contributed by atoms with Crippen molar-refractivity contribution in [2.24, 2.45) is 5.92 Å². The second kappa shape index (κ2) is 8.39. The molecule has 0 spiro atoms. The maximum atomic E-state index is 5.90. The molecule has 2 aromatic rings. The van der Waals surface area contributed by atoms with E-state index in [1.54, 1.807) is 14.2 Å². The highest BCUT2D eigenvalue weighted by Crippen LogP contribution is 2.37. The lowest BCUT2D eigenvalue weighted by Gasteiger charge is -2.22. The van der Waals surface area contributed by atoms with Gasteiger partial charge >= 0.3 is 0 Å². The summed E-state index contributed by atoms with van der Waals surface area (Å²) in [6.45, 7) is 2.00. The minimum absolute atomic E-state index is 0.281. The fourth-order valence-corrected chi connectivity index (χ4v) is 3.91. The van der Waals surface area contributed by atoms with Crippen LogP contribution in [0.3, 0.4) is 0 Å². The lowest BCUT2D eigenvalue weighted by Crippen LogP contribution is -2.09. The third kappa shape index (κ3) is 4.09. The minimum Gasteiger partial charge on any atom is -0.496 e. The quantitative estimate of drug-likeness (QED) is 0.822. The van der Waals surface area contributed by atoms with Crippen LogP contribution >= 0.6 is 0 Å². The number of aryl methyl sites for hydroxylation is 2. The molecule has 0 radical (unpaired) electrons. The number of anilines is 1. The summed E-state index contributed by atoms with van der Waals surface area (Å²) in [5, 5.41) is 0. The van der Waals surface area contributed by atoms with Gasteiger partial charge in [0.25, 0.3) is 0 Å². The molecule has 0 bridgehead atoms. The van der Waals surface area contributed by atoms with Gasteiger partial charge in [-0.05, 0) is 48.9 Å². The highest BCUT2D eigenvalue weighted by atomic mass is 16.5. The lowest BCUT2D eigenvalue weighted by molar-refractivity contribution is 0.339. The van der Waals surface area contributed by atoms with E-state index in [-0.39, 0.29) is 5.95 Å². The fraction of sp³-hybridized carbons (Fsp3) is 0.524. The Bertz CT molecular complexity index is 755. The summed E-state index contributed by atoms with van der Waals surface area (Å²) in [5.74, 6) is 2.68. The third-order valence-electron chi connectivity index (χ3n) is 5.40. The van der Waals surface area contributed by atoms with Crippen molar-refractivity contribution in [1.82, 2.24) is 9.97 Å². The second-order valence-corrected chi connectivity index (χ2v) is 7.17. The molecule has 0 saturated heterocycles. The summed E-state index contributed by atoms with van der Waals surface area (Å²) in [7, 11) is 3.36. The van der Waals surface area contributed by atoms with Gasteiger partial charge in [0.1, 0.15) is 11.5 Å². The second-order valence-electron chi connectivity index (χ2n) is 7.17. The molecule has 5 nitrogen and oxygen atoms in total. The Morgan fingerprint density at radius 2 is 1.81 bits per heavy atom. The first kappa shape index (κ1) is 18.5. The van der Waals surface area contributed by atoms with E-state index < -0.39 is 0 Å². The van der Waals surface area contributed by atoms with Crippen molar-refractivity contribution < 1.29 is 9.47 Å². The number of aromatic nitrogens is 2. The van der Waals surface area contributed by atoms with Crippen molar-refractivity contribution in [2.45, 2.75) is 51.9 Å². The van der Waals surface area contributed by atoms with E-state index in [0.717, 1.165) is 46.2 Å². The van der Waals surface area contributed by atoms with Crippen LogP contribution in [0.5, 0.6) is 11.5 Å². The molecule has 1 aromatic carbocycles. The zero-order valence-corrected chi connectivity index (χ0v) is 16.0. The van der Waals surface area contributed by atoms with E-state index in [9.17, 15) is 0 Å². The number of nitrogens with two attached hydrogens (primary N) is 1. The highest BCUT2D eigenvalue weighted by molar-refractivity contribution is 5.73. The van der Waals surface area contributed by atoms with Crippen molar-refractivity contribution in [2.75, 3.05) is 20.0 Å². The van der Waals surface area contributed by atoms with E-state index in [1.165, 1.54) is 38.5 Å². The first-order chi connectivity index (χ1) is 12.6. The zero-order valence-electron chi connectivity index (χ0n) is 16.0. The van der Waals surface area contributed by atoms with Gasteiger partial charge in [-0.2, -0.15) is 0 Å². The van der Waals surface area contributed by atoms with Gasteiger partial charge in [0.2, 0.25) is 5.95 Å². The number of benzene rings is 1. The summed E-state index contributed by atoms with van der Waals surface area (Å²) < 4.78 is 11.1. The summed E-state index contributed by atoms with van der Waals surface area (Å²) in [4.78, 5) is 8.79. The topological polar surface area (TPSA) is 70.3 Å². The number of rotatable bonds is 6. The van der Waals surface area contributed by atoms with E-state index in [1.807, 2.05) is 25.3 Å². The predicted molar refractivity (Wildman–Crippen MR) is 105 cm³/mol. The Kier molecular flexibility index (Phi) is 5.96. The Labute approximate surface area is 156 Å². The Morgan fingerprint density at radius 3 is 2.50 bits per heavy atom. The maximum absolute atomic E-state index is 5.90. The van der Waals surface area contributed by atoms with Gasteiger partial charge in [0, 0.05) is 11.8 Å². The fourth-order valence-electron chi connectivity index (χ4n) is 3.91. The highest BCUT2D eigenvalue weighted by Gasteiger charge is 2.18. The molecule has 1 aromatic heterocycles. The number of ether oxygens (including phenoxy) is 2. The molecule has 0 atom stereocenters. The van der Waals surface area contributed by atoms with Crippen LogP contribution in [0.4, 0.5) is 5.95 Å². The molecule has 1 fully saturated rings. The van der Waals surface area contributed by atoms with E-state index in [2.05, 4.69) is 9.97 Å². The standard InChI is InChI=1S/C21H29N3O2/c1-14-11-19(26-3)17(12-18(14)25-2)20-16(13-23-21(22)24-20)10-9-15-7-5-4-6-8-15/h11-13,15H,4-10H2,1-3H3,(H2,22,23,24). The van der Waals surface area contributed by atoms with Crippen molar-refractivity contribution in [3.63, 3.8) is 0 Å². The minimum atomic E-state index is 0.281. The number of methoxy groups -OCH3 is 2. The summed E-state index contributed by atoms with van der Waals surface area (Å²) >= 11 is 0. The van der Waals surface area contributed by atoms with Crippen molar-refractivity contribution in [3.05, 3.63) is 29.5 Å². The number of hydrogen-bond donors (Lipinski definition) is 1. The molecule has 1 aliphatic carbocycles. The molecule has 140 valence electrons. The molecule has 1 aliphatic rings. The third-order valence-corrected chi connectivity index (χ3v) is 5.40. The van der Waals surface area contributed by atoms with Gasteiger partial charge < -0.3 is 15.2 Å². The average Bonchev–Trinajstić information content (AvgIpc) is 2.67. The molecule has 3 rings (SSSR count). The van der Waals surface area contributed by atoms with Gasteiger partial charge in [0.15, 0.2) is 0 Å². The van der Waals surface area contributed by atoms with Crippen LogP contribution in [0.15, 0.2) is 18.3 Å². The molecule has 26 heavy (non-hydrogen) atoms. The van der Waals surface area contributed by atoms with E-state index in [4.69, 9.17) is 15.2 Å². The van der Waals surface area contributed by atoms with Gasteiger partial charge in [0.05, 0.1) is 19.9 Å². The smallest absolute Gasteiger partial charge is 0.220 e. The predicted octanol–water partition coefficient (Wildman–Crippen LogP) is 4.56. The van der Waals surface area contributed by atoms with Crippen molar-refractivity contribution in [1.29, 1.82) is 0 Å². The molecule has 0 unspecified atom stereocenters. The number of nitrogens with zero attached hydrogens (tertiary/aromatic N) is 2. The van der Waals surface area contributed by atoms with Crippen LogP contribution in [0.1, 0.15) is 49.7 Å². The van der Waals surface area contributed by atoms with Gasteiger partial charge in [-0.3, -0.25) is 0 Å². The summed E-state index contributed by atoms with van der Waals surface area (Å²) in [5.41, 5.74) is 9.80. The van der Waals surface area contributed by atoms with Gasteiger partial charge in [-0.25, -0.2) is 9.97 Å². The first-order valence-electron chi connectivity index (χ1n) is 9.46. The Balaban J connectivity index is 1.95. The average molecular weight is 355 g/mol. The Hall–Kier alpha value is -2.30. The van der Waals surface area contributed by atoms with E-state index >= 15 is 0 Å². The van der Waals surface area contributed by atoms with Crippen LogP contribution in [-0.4, -0.2) is 24.2 Å². The molecule has 0 aliphatic heterocycles. The van der Waals surface area contributed by atoms with Crippen LogP contribution < -0.4 is 15.2 Å². The number of nitrogen functional groups attached to an aromatic ring is 1. The SMILES string of the molecule is COc1cc(-c2nc(N)ncc2CCC2CCCCC2)c(OC)cc1C. The largest absolute Gasteiger partial charge is 0.496 e. The summed E-state index contributed by atoms with van der Waals surface area (Å²) in [6.07, 6.45) is 10.8. The van der Waals surface area contributed by atoms with Crippen molar-refractivity contribution >= 4 is 5.95 Å². The van der Waals surface area contributed by atoms with Crippen LogP contribution in [0.25, 0.3) is 11.3 Å². The number of hydrogen-bond acceptors (Lipinski definition) is 5. The molecular formula is C21H29N3O2. The lowest BCUT2D eigenvalue weighted by atomic mass is 9.85. The molecule has 0 amide bonds. The molecule has 1 heterocycles. The molecule has 5 heteroatoms. The zero-order chi connectivity index (χ0) is 18.5. The molecule has 1 saturated carbocycles. The van der Waals surface area contributed by atoms with Crippen molar-refractivity contribution in [3.8, 4) is 22.8 Å². The van der Waals surface area contributed by atoms with Crippen LogP contribution in [-0.2, 0) is 6.42 Å². The normalized spacial score (nSPS) is 15.0. The van der Waals surface area contributed by atoms with Gasteiger partial charge in [-0.15, -0.1) is 0 Å². The maximum Gasteiger partial charge on any atom is 0.220 e.